The molecule has 0 bridgehead atoms. The number of rotatable bonds is 3. The van der Waals surface area contributed by atoms with Gasteiger partial charge < -0.3 is 15.2 Å². The third-order valence-corrected chi connectivity index (χ3v) is 2.65. The third-order valence-electron chi connectivity index (χ3n) is 2.65. The first kappa shape index (κ1) is 11.4. The maximum atomic E-state index is 13.4. The number of hydrogen-bond acceptors (Lipinski definition) is 3. The van der Waals surface area contributed by atoms with E-state index in [1.165, 1.54) is 6.07 Å². The predicted octanol–water partition coefficient (Wildman–Crippen LogP) is 2.01. The third kappa shape index (κ3) is 2.51. The molecule has 1 unspecified atom stereocenters. The molecule has 0 amide bonds. The van der Waals surface area contributed by atoms with Crippen LogP contribution in [0.5, 0.6) is 5.75 Å². The normalized spacial score (nSPS) is 22.1. The predicted molar refractivity (Wildman–Crippen MR) is 58.9 cm³/mol. The van der Waals surface area contributed by atoms with Gasteiger partial charge >= 0.3 is 0 Å². The number of benzene rings is 1. The Morgan fingerprint density at radius 1 is 1.56 bits per heavy atom. The van der Waals surface area contributed by atoms with Crippen LogP contribution in [-0.4, -0.2) is 19.3 Å². The summed E-state index contributed by atoms with van der Waals surface area (Å²) in [5.41, 5.74) is 6.15. The molecule has 0 radical (unpaired) electrons. The Kier molecular flexibility index (Phi) is 3.41. The van der Waals surface area contributed by atoms with Gasteiger partial charge in [-0.3, -0.25) is 0 Å². The number of hydrogen-bond donors (Lipinski definition) is 1. The van der Waals surface area contributed by atoms with Crippen molar-refractivity contribution in [1.29, 1.82) is 0 Å². The summed E-state index contributed by atoms with van der Waals surface area (Å²) in [6.45, 7) is 3.08. The van der Waals surface area contributed by atoms with Crippen molar-refractivity contribution >= 4 is 0 Å². The van der Waals surface area contributed by atoms with Crippen LogP contribution in [0.15, 0.2) is 18.2 Å². The van der Waals surface area contributed by atoms with Gasteiger partial charge in [-0.15, -0.1) is 0 Å². The van der Waals surface area contributed by atoms with Crippen molar-refractivity contribution in [2.75, 3.05) is 13.2 Å². The van der Waals surface area contributed by atoms with E-state index in [9.17, 15) is 4.39 Å². The second kappa shape index (κ2) is 4.80. The zero-order valence-corrected chi connectivity index (χ0v) is 9.28. The highest BCUT2D eigenvalue weighted by atomic mass is 19.1. The molecule has 1 saturated heterocycles. The molecule has 1 heterocycles. The summed E-state index contributed by atoms with van der Waals surface area (Å²) in [6.07, 6.45) is 0.955. The molecule has 2 rings (SSSR count). The zero-order chi connectivity index (χ0) is 11.5. The molecule has 1 fully saturated rings. The second-order valence-corrected chi connectivity index (χ2v) is 4.08. The molecule has 1 aromatic rings. The van der Waals surface area contributed by atoms with Crippen molar-refractivity contribution in [3.05, 3.63) is 29.6 Å². The molecule has 1 aromatic carbocycles. The lowest BCUT2D eigenvalue weighted by molar-refractivity contribution is 0.141. The van der Waals surface area contributed by atoms with Gasteiger partial charge in [0.2, 0.25) is 0 Å². The van der Waals surface area contributed by atoms with Crippen molar-refractivity contribution in [2.45, 2.75) is 25.5 Å². The van der Waals surface area contributed by atoms with Crippen molar-refractivity contribution in [1.82, 2.24) is 0 Å². The van der Waals surface area contributed by atoms with Crippen molar-refractivity contribution in [3.8, 4) is 5.75 Å². The van der Waals surface area contributed by atoms with Crippen molar-refractivity contribution < 1.29 is 13.9 Å². The van der Waals surface area contributed by atoms with Gasteiger partial charge in [0, 0.05) is 18.0 Å². The van der Waals surface area contributed by atoms with Gasteiger partial charge in [0.25, 0.3) is 0 Å². The van der Waals surface area contributed by atoms with Crippen LogP contribution >= 0.6 is 0 Å². The molecular formula is C12H16FNO2. The molecule has 3 nitrogen and oxygen atoms in total. The van der Waals surface area contributed by atoms with Crippen LogP contribution < -0.4 is 10.5 Å². The summed E-state index contributed by atoms with van der Waals surface area (Å²) in [5, 5.41) is 0. The maximum absolute atomic E-state index is 13.4. The quantitative estimate of drug-likeness (QED) is 0.855. The fourth-order valence-corrected chi connectivity index (χ4v) is 1.74. The van der Waals surface area contributed by atoms with E-state index in [1.54, 1.807) is 19.1 Å². The van der Waals surface area contributed by atoms with E-state index >= 15 is 0 Å². The first-order chi connectivity index (χ1) is 7.66. The maximum Gasteiger partial charge on any atom is 0.128 e. The van der Waals surface area contributed by atoms with Gasteiger partial charge in [0.15, 0.2) is 0 Å². The van der Waals surface area contributed by atoms with Gasteiger partial charge in [-0.05, 0) is 25.1 Å². The van der Waals surface area contributed by atoms with Gasteiger partial charge in [-0.25, -0.2) is 4.39 Å². The van der Waals surface area contributed by atoms with Crippen LogP contribution in [0.4, 0.5) is 4.39 Å². The molecule has 0 saturated carbocycles. The summed E-state index contributed by atoms with van der Waals surface area (Å²) in [7, 11) is 0. The SMILES string of the molecule is C[C@H](N)c1cc(OC2CCOC2)ccc1F. The minimum Gasteiger partial charge on any atom is -0.488 e. The van der Waals surface area contributed by atoms with E-state index in [-0.39, 0.29) is 18.0 Å². The van der Waals surface area contributed by atoms with E-state index < -0.39 is 0 Å². The summed E-state index contributed by atoms with van der Waals surface area (Å²) in [5.74, 6) is 0.370. The molecule has 2 atom stereocenters. The Balaban J connectivity index is 2.12. The van der Waals surface area contributed by atoms with Crippen LogP contribution in [0.25, 0.3) is 0 Å². The van der Waals surface area contributed by atoms with Crippen LogP contribution in [0, 0.1) is 5.82 Å². The van der Waals surface area contributed by atoms with Gasteiger partial charge in [0.05, 0.1) is 13.2 Å². The highest BCUT2D eigenvalue weighted by molar-refractivity contribution is 5.31. The number of nitrogens with two attached hydrogens (primary N) is 1. The average Bonchev–Trinajstić information content (AvgIpc) is 2.73. The lowest BCUT2D eigenvalue weighted by Gasteiger charge is -2.14. The first-order valence-electron chi connectivity index (χ1n) is 5.46. The molecule has 4 heteroatoms. The van der Waals surface area contributed by atoms with E-state index in [4.69, 9.17) is 15.2 Å². The fourth-order valence-electron chi connectivity index (χ4n) is 1.74. The van der Waals surface area contributed by atoms with Crippen molar-refractivity contribution in [2.24, 2.45) is 5.73 Å². The first-order valence-corrected chi connectivity index (χ1v) is 5.46. The second-order valence-electron chi connectivity index (χ2n) is 4.08. The molecule has 1 aliphatic heterocycles. The van der Waals surface area contributed by atoms with E-state index in [2.05, 4.69) is 0 Å². The topological polar surface area (TPSA) is 44.5 Å². The van der Waals surface area contributed by atoms with Crippen LogP contribution in [-0.2, 0) is 4.74 Å². The molecule has 16 heavy (non-hydrogen) atoms. The minimum absolute atomic E-state index is 0.0754. The Bertz CT molecular complexity index is 362. The average molecular weight is 225 g/mol. The van der Waals surface area contributed by atoms with E-state index in [0.717, 1.165) is 13.0 Å². The van der Waals surface area contributed by atoms with Crippen LogP contribution in [0.3, 0.4) is 0 Å². The zero-order valence-electron chi connectivity index (χ0n) is 9.28. The highest BCUT2D eigenvalue weighted by Gasteiger charge is 2.18. The Labute approximate surface area is 94.3 Å². The van der Waals surface area contributed by atoms with Crippen molar-refractivity contribution in [3.63, 3.8) is 0 Å². The smallest absolute Gasteiger partial charge is 0.128 e. The summed E-state index contributed by atoms with van der Waals surface area (Å²) >= 11 is 0. The number of halogens is 1. The molecule has 0 aliphatic carbocycles. The Morgan fingerprint density at radius 3 is 3.00 bits per heavy atom. The molecule has 0 spiro atoms. The van der Waals surface area contributed by atoms with Crippen LogP contribution in [0.2, 0.25) is 0 Å². The molecule has 1 aliphatic rings. The molecule has 88 valence electrons. The monoisotopic (exact) mass is 225 g/mol. The summed E-state index contributed by atoms with van der Waals surface area (Å²) in [6, 6.07) is 4.35. The lowest BCUT2D eigenvalue weighted by atomic mass is 10.1. The molecular weight excluding hydrogens is 209 g/mol. The van der Waals surface area contributed by atoms with E-state index in [1.807, 2.05) is 0 Å². The summed E-state index contributed by atoms with van der Waals surface area (Å²) in [4.78, 5) is 0. The van der Waals surface area contributed by atoms with Gasteiger partial charge in [-0.1, -0.05) is 0 Å². The lowest BCUT2D eigenvalue weighted by Crippen LogP contribution is -2.16. The minimum atomic E-state index is -0.330. The van der Waals surface area contributed by atoms with Crippen LogP contribution in [0.1, 0.15) is 24.9 Å². The standard InChI is InChI=1S/C12H16FNO2/c1-8(14)11-6-9(2-3-12(11)13)16-10-4-5-15-7-10/h2-3,6,8,10H,4-5,7,14H2,1H3/t8-,10?/m0/s1. The molecule has 0 aromatic heterocycles. The number of ether oxygens (including phenoxy) is 2. The molecule has 2 N–H and O–H groups in total. The largest absolute Gasteiger partial charge is 0.488 e. The van der Waals surface area contributed by atoms with E-state index in [0.29, 0.717) is 17.9 Å². The highest BCUT2D eigenvalue weighted by Crippen LogP contribution is 2.23. The Hall–Kier alpha value is -1.13. The summed E-state index contributed by atoms with van der Waals surface area (Å²) < 4.78 is 24.3. The Morgan fingerprint density at radius 2 is 2.38 bits per heavy atom. The van der Waals surface area contributed by atoms with Gasteiger partial charge in [0.1, 0.15) is 17.7 Å². The van der Waals surface area contributed by atoms with Gasteiger partial charge in [-0.2, -0.15) is 0 Å². The fraction of sp³-hybridized carbons (Fsp3) is 0.500.